The topological polar surface area (TPSA) is 105 Å². The van der Waals surface area contributed by atoms with Crippen molar-refractivity contribution in [3.8, 4) is 0 Å². The highest BCUT2D eigenvalue weighted by Crippen LogP contribution is 2.53. The van der Waals surface area contributed by atoms with Crippen molar-refractivity contribution in [2.24, 2.45) is 0 Å². The smallest absolute Gasteiger partial charge is 0.377 e. The molecular formula is C8H14Cl2NO7P. The van der Waals surface area contributed by atoms with E-state index in [1.807, 2.05) is 0 Å². The highest BCUT2D eigenvalue weighted by Gasteiger charge is 2.42. The number of ether oxygens (including phenoxy) is 1. The average molecular weight is 338 g/mol. The number of carbonyl (C=O) groups is 1. The fourth-order valence-corrected chi connectivity index (χ4v) is 3.13. The first kappa shape index (κ1) is 18.6. The summed E-state index contributed by atoms with van der Waals surface area (Å²) in [6.45, 7) is -0.213. The van der Waals surface area contributed by atoms with Crippen LogP contribution in [0.25, 0.3) is 0 Å². The third-order valence-corrected chi connectivity index (χ3v) is 4.02. The molecule has 19 heavy (non-hydrogen) atoms. The minimum atomic E-state index is -4.02. The normalized spacial score (nSPS) is 13.0. The van der Waals surface area contributed by atoms with Crippen LogP contribution >= 0.6 is 30.8 Å². The van der Waals surface area contributed by atoms with Crippen molar-refractivity contribution in [3.63, 3.8) is 0 Å². The number of hydrogen-bond acceptors (Lipinski definition) is 7. The maximum absolute atomic E-state index is 12.4. The molecule has 8 nitrogen and oxygen atoms in total. The van der Waals surface area contributed by atoms with E-state index in [2.05, 4.69) is 4.74 Å². The van der Waals surface area contributed by atoms with Gasteiger partial charge in [-0.3, -0.25) is 19.5 Å². The lowest BCUT2D eigenvalue weighted by atomic mass is 10.7. The van der Waals surface area contributed by atoms with Crippen LogP contribution in [0, 0.1) is 10.1 Å². The zero-order chi connectivity index (χ0) is 14.9. The number of halogens is 2. The van der Waals surface area contributed by atoms with Gasteiger partial charge in [-0.1, -0.05) is 0 Å². The molecule has 0 aliphatic heterocycles. The van der Waals surface area contributed by atoms with Crippen LogP contribution in [0.4, 0.5) is 0 Å². The molecule has 0 aliphatic rings. The molecule has 0 aromatic heterocycles. The van der Waals surface area contributed by atoms with Crippen LogP contribution in [0.3, 0.4) is 0 Å². The number of rotatable bonds is 10. The maximum atomic E-state index is 12.4. The average Bonchev–Trinajstić information content (AvgIpc) is 2.32. The fourth-order valence-electron chi connectivity index (χ4n) is 1.05. The molecule has 0 fully saturated rings. The molecular weight excluding hydrogens is 324 g/mol. The Bertz CT molecular complexity index is 326. The van der Waals surface area contributed by atoms with E-state index in [-0.39, 0.29) is 25.0 Å². The molecule has 0 saturated heterocycles. The Hall–Kier alpha value is -0.400. The highest BCUT2D eigenvalue weighted by atomic mass is 35.5. The summed E-state index contributed by atoms with van der Waals surface area (Å²) in [6, 6.07) is 0. The standard InChI is InChI=1S/C8H14Cl2NO7P/c1-7(12)18-8(6-11(13)14)19(15,16-4-2-9)17-5-3-10/h8H,2-6H2,1H3/t8-/m1/s1. The minimum Gasteiger partial charge on any atom is -0.442 e. The first-order valence-corrected chi connectivity index (χ1v) is 7.83. The number of esters is 1. The fraction of sp³-hybridized carbons (Fsp3) is 0.875. The summed E-state index contributed by atoms with van der Waals surface area (Å²) in [5, 5.41) is 10.5. The van der Waals surface area contributed by atoms with Crippen molar-refractivity contribution in [1.29, 1.82) is 0 Å². The predicted octanol–water partition coefficient (Wildman–Crippen LogP) is 1.86. The number of carbonyl (C=O) groups excluding carboxylic acids is 1. The largest absolute Gasteiger partial charge is 0.442 e. The van der Waals surface area contributed by atoms with E-state index in [4.69, 9.17) is 32.2 Å². The van der Waals surface area contributed by atoms with Crippen LogP contribution in [0.1, 0.15) is 6.92 Å². The van der Waals surface area contributed by atoms with Crippen molar-refractivity contribution in [2.75, 3.05) is 31.5 Å². The van der Waals surface area contributed by atoms with Crippen molar-refractivity contribution in [1.82, 2.24) is 0 Å². The van der Waals surface area contributed by atoms with E-state index in [0.717, 1.165) is 6.92 Å². The summed E-state index contributed by atoms with van der Waals surface area (Å²) in [5.41, 5.74) is 0. The molecule has 0 unspecified atom stereocenters. The van der Waals surface area contributed by atoms with Gasteiger partial charge in [-0.2, -0.15) is 0 Å². The highest BCUT2D eigenvalue weighted by molar-refractivity contribution is 7.54. The van der Waals surface area contributed by atoms with Gasteiger partial charge in [0.25, 0.3) is 12.4 Å². The minimum absolute atomic E-state index is 0.000515. The Kier molecular flexibility index (Phi) is 9.30. The first-order chi connectivity index (χ1) is 8.85. The molecule has 1 atom stereocenters. The summed E-state index contributed by atoms with van der Waals surface area (Å²) in [5.74, 6) is -2.47. The van der Waals surface area contributed by atoms with Crippen molar-refractivity contribution in [3.05, 3.63) is 10.1 Å². The summed E-state index contributed by atoms with van der Waals surface area (Å²) in [6.07, 6.45) is 0. The molecule has 0 aromatic carbocycles. The third-order valence-electron chi connectivity index (χ3n) is 1.66. The molecule has 0 saturated carbocycles. The second kappa shape index (κ2) is 9.50. The van der Waals surface area contributed by atoms with Crippen LogP contribution in [0.2, 0.25) is 0 Å². The molecule has 0 spiro atoms. The van der Waals surface area contributed by atoms with Gasteiger partial charge in [-0.05, 0) is 0 Å². The number of nitro groups is 1. The Morgan fingerprint density at radius 3 is 2.11 bits per heavy atom. The molecule has 0 bridgehead atoms. The SMILES string of the molecule is CC(=O)O[C@@H](C[N+](=O)[O-])P(=O)(OCCCl)OCCCl. The van der Waals surface area contributed by atoms with Gasteiger partial charge >= 0.3 is 13.6 Å². The first-order valence-electron chi connectivity index (χ1n) is 5.15. The predicted molar refractivity (Wildman–Crippen MR) is 68.4 cm³/mol. The quantitative estimate of drug-likeness (QED) is 0.197. The van der Waals surface area contributed by atoms with Crippen LogP contribution in [-0.4, -0.2) is 48.3 Å². The zero-order valence-corrected chi connectivity index (χ0v) is 12.5. The summed E-state index contributed by atoms with van der Waals surface area (Å²) >= 11 is 10.8. The van der Waals surface area contributed by atoms with E-state index in [1.165, 1.54) is 0 Å². The van der Waals surface area contributed by atoms with Gasteiger partial charge in [0.15, 0.2) is 0 Å². The van der Waals surface area contributed by atoms with Crippen LogP contribution < -0.4 is 0 Å². The van der Waals surface area contributed by atoms with Crippen molar-refractivity contribution in [2.45, 2.75) is 12.8 Å². The van der Waals surface area contributed by atoms with E-state index in [0.29, 0.717) is 0 Å². The van der Waals surface area contributed by atoms with Gasteiger partial charge in [0.05, 0.1) is 13.2 Å². The summed E-state index contributed by atoms with van der Waals surface area (Å²) in [7, 11) is -4.02. The molecule has 0 aromatic rings. The van der Waals surface area contributed by atoms with Crippen molar-refractivity contribution < 1.29 is 28.1 Å². The van der Waals surface area contributed by atoms with Crippen LogP contribution in [0.5, 0.6) is 0 Å². The summed E-state index contributed by atoms with van der Waals surface area (Å²) in [4.78, 5) is 20.6. The number of alkyl halides is 2. The van der Waals surface area contributed by atoms with E-state index < -0.39 is 30.9 Å². The molecule has 0 aliphatic carbocycles. The molecule has 112 valence electrons. The molecule has 0 rings (SSSR count). The number of nitrogens with zero attached hydrogens (tertiary/aromatic N) is 1. The van der Waals surface area contributed by atoms with E-state index in [1.54, 1.807) is 0 Å². The Morgan fingerprint density at radius 2 is 1.79 bits per heavy atom. The van der Waals surface area contributed by atoms with Gasteiger partial charge in [0, 0.05) is 23.6 Å². The van der Waals surface area contributed by atoms with Crippen LogP contribution in [-0.2, 0) is 23.1 Å². The second-order valence-corrected chi connectivity index (χ2v) is 6.09. The monoisotopic (exact) mass is 337 g/mol. The lowest BCUT2D eigenvalue weighted by Gasteiger charge is -2.23. The Morgan fingerprint density at radius 1 is 1.32 bits per heavy atom. The lowest BCUT2D eigenvalue weighted by molar-refractivity contribution is -0.486. The van der Waals surface area contributed by atoms with Gasteiger partial charge in [-0.15, -0.1) is 23.2 Å². The van der Waals surface area contributed by atoms with Crippen LogP contribution in [0.15, 0.2) is 0 Å². The van der Waals surface area contributed by atoms with Crippen molar-refractivity contribution >= 4 is 36.8 Å². The van der Waals surface area contributed by atoms with Gasteiger partial charge in [0.1, 0.15) is 0 Å². The third kappa shape index (κ3) is 7.69. The lowest BCUT2D eigenvalue weighted by Crippen LogP contribution is -2.28. The molecule has 0 N–H and O–H groups in total. The van der Waals surface area contributed by atoms with E-state index in [9.17, 15) is 19.5 Å². The van der Waals surface area contributed by atoms with Gasteiger partial charge < -0.3 is 13.8 Å². The van der Waals surface area contributed by atoms with E-state index >= 15 is 0 Å². The molecule has 0 heterocycles. The Balaban J connectivity index is 5.02. The number of hydrogen-bond donors (Lipinski definition) is 0. The van der Waals surface area contributed by atoms with Gasteiger partial charge in [-0.25, -0.2) is 0 Å². The molecule has 0 amide bonds. The summed E-state index contributed by atoms with van der Waals surface area (Å²) < 4.78 is 26.8. The second-order valence-electron chi connectivity index (χ2n) is 3.16. The maximum Gasteiger partial charge on any atom is 0.377 e. The molecule has 11 heteroatoms. The zero-order valence-electron chi connectivity index (χ0n) is 10.1. The Labute approximate surface area is 120 Å². The molecule has 0 radical (unpaired) electrons. The van der Waals surface area contributed by atoms with Gasteiger partial charge in [0.2, 0.25) is 0 Å².